The molecule has 3 nitrogen and oxygen atoms in total. The third kappa shape index (κ3) is 4.51. The highest BCUT2D eigenvalue weighted by Crippen LogP contribution is 2.23. The molecule has 0 aromatic heterocycles. The SMILES string of the molecule is C=CCCc1ccc(OCCN2CCOCC2)c(F)c1F. The smallest absolute Gasteiger partial charge is 0.200 e. The first-order valence-corrected chi connectivity index (χ1v) is 7.23. The van der Waals surface area contributed by atoms with Crippen LogP contribution >= 0.6 is 0 Å². The van der Waals surface area contributed by atoms with E-state index in [1.165, 1.54) is 6.07 Å². The maximum atomic E-state index is 13.9. The van der Waals surface area contributed by atoms with E-state index < -0.39 is 11.6 Å². The zero-order chi connectivity index (χ0) is 15.1. The third-order valence-electron chi connectivity index (χ3n) is 3.51. The number of nitrogens with zero attached hydrogens (tertiary/aromatic N) is 1. The standard InChI is InChI=1S/C16H21F2NO2/c1-2-3-4-13-5-6-14(16(18)15(13)17)21-12-9-19-7-10-20-11-8-19/h2,5-6H,1,3-4,7-12H2. The van der Waals surface area contributed by atoms with Crippen molar-refractivity contribution < 1.29 is 18.3 Å². The van der Waals surface area contributed by atoms with E-state index in [4.69, 9.17) is 9.47 Å². The summed E-state index contributed by atoms with van der Waals surface area (Å²) in [5, 5.41) is 0. The number of morpholine rings is 1. The molecule has 1 aromatic carbocycles. The van der Waals surface area contributed by atoms with Gasteiger partial charge < -0.3 is 9.47 Å². The largest absolute Gasteiger partial charge is 0.489 e. The average Bonchev–Trinajstić information content (AvgIpc) is 2.52. The molecule has 0 saturated carbocycles. The van der Waals surface area contributed by atoms with E-state index in [0.717, 1.165) is 13.1 Å². The molecule has 21 heavy (non-hydrogen) atoms. The van der Waals surface area contributed by atoms with Crippen LogP contribution in [0.1, 0.15) is 12.0 Å². The van der Waals surface area contributed by atoms with Crippen molar-refractivity contribution in [1.82, 2.24) is 4.90 Å². The lowest BCUT2D eigenvalue weighted by Crippen LogP contribution is -2.38. The van der Waals surface area contributed by atoms with Gasteiger partial charge in [-0.2, -0.15) is 4.39 Å². The van der Waals surface area contributed by atoms with Gasteiger partial charge in [-0.15, -0.1) is 6.58 Å². The molecule has 0 amide bonds. The zero-order valence-electron chi connectivity index (χ0n) is 12.1. The molecule has 0 radical (unpaired) electrons. The molecule has 0 unspecified atom stereocenters. The van der Waals surface area contributed by atoms with Crippen molar-refractivity contribution >= 4 is 0 Å². The van der Waals surface area contributed by atoms with Gasteiger partial charge >= 0.3 is 0 Å². The predicted octanol–water partition coefficient (Wildman–Crippen LogP) is 2.79. The van der Waals surface area contributed by atoms with Gasteiger partial charge in [-0.05, 0) is 24.5 Å². The Bertz CT molecular complexity index is 474. The van der Waals surface area contributed by atoms with Crippen molar-refractivity contribution in [3.05, 3.63) is 42.0 Å². The number of rotatable bonds is 7. The minimum Gasteiger partial charge on any atom is -0.489 e. The first-order chi connectivity index (χ1) is 10.2. The van der Waals surface area contributed by atoms with Crippen molar-refractivity contribution in [2.24, 2.45) is 0 Å². The highest BCUT2D eigenvalue weighted by atomic mass is 19.2. The molecule has 1 aliphatic heterocycles. The van der Waals surface area contributed by atoms with Crippen LogP contribution in [-0.2, 0) is 11.2 Å². The molecule has 5 heteroatoms. The number of hydrogen-bond acceptors (Lipinski definition) is 3. The van der Waals surface area contributed by atoms with Crippen LogP contribution in [-0.4, -0.2) is 44.4 Å². The fraction of sp³-hybridized carbons (Fsp3) is 0.500. The van der Waals surface area contributed by atoms with Gasteiger partial charge in [-0.25, -0.2) is 4.39 Å². The second-order valence-corrected chi connectivity index (χ2v) is 4.98. The number of halogens is 2. The Hall–Kier alpha value is -1.46. The molecule has 0 bridgehead atoms. The molecule has 0 N–H and O–H groups in total. The van der Waals surface area contributed by atoms with Gasteiger partial charge in [0.05, 0.1) is 13.2 Å². The summed E-state index contributed by atoms with van der Waals surface area (Å²) in [7, 11) is 0. The molecule has 1 saturated heterocycles. The van der Waals surface area contributed by atoms with Crippen molar-refractivity contribution in [1.29, 1.82) is 0 Å². The quantitative estimate of drug-likeness (QED) is 0.722. The summed E-state index contributed by atoms with van der Waals surface area (Å²) in [6.45, 7) is 7.71. The monoisotopic (exact) mass is 297 g/mol. The highest BCUT2D eigenvalue weighted by Gasteiger charge is 2.15. The Morgan fingerprint density at radius 1 is 1.24 bits per heavy atom. The number of benzene rings is 1. The molecule has 2 rings (SSSR count). The maximum Gasteiger partial charge on any atom is 0.200 e. The predicted molar refractivity (Wildman–Crippen MR) is 77.6 cm³/mol. The fourth-order valence-corrected chi connectivity index (χ4v) is 2.24. The van der Waals surface area contributed by atoms with Crippen molar-refractivity contribution in [3.63, 3.8) is 0 Å². The third-order valence-corrected chi connectivity index (χ3v) is 3.51. The summed E-state index contributed by atoms with van der Waals surface area (Å²) < 4.78 is 38.4. The molecule has 0 spiro atoms. The Kier molecular flexibility index (Phi) is 6.14. The first-order valence-electron chi connectivity index (χ1n) is 7.23. The Balaban J connectivity index is 1.87. The molecule has 0 aliphatic carbocycles. The van der Waals surface area contributed by atoms with Crippen LogP contribution in [0.5, 0.6) is 5.75 Å². The number of ether oxygens (including phenoxy) is 2. The van der Waals surface area contributed by atoms with Gasteiger partial charge in [0, 0.05) is 19.6 Å². The summed E-state index contributed by atoms with van der Waals surface area (Å²) in [6, 6.07) is 3.07. The van der Waals surface area contributed by atoms with Gasteiger partial charge in [0.25, 0.3) is 0 Å². The average molecular weight is 297 g/mol. The second-order valence-electron chi connectivity index (χ2n) is 4.98. The van der Waals surface area contributed by atoms with Gasteiger partial charge in [-0.3, -0.25) is 4.90 Å². The van der Waals surface area contributed by atoms with E-state index in [9.17, 15) is 8.78 Å². The van der Waals surface area contributed by atoms with E-state index in [2.05, 4.69) is 11.5 Å². The summed E-state index contributed by atoms with van der Waals surface area (Å²) in [5.41, 5.74) is 0.355. The summed E-state index contributed by atoms with van der Waals surface area (Å²) in [6.07, 6.45) is 2.75. The number of aryl methyl sites for hydroxylation is 1. The molecule has 116 valence electrons. The topological polar surface area (TPSA) is 21.7 Å². The molecule has 1 aliphatic rings. The highest BCUT2D eigenvalue weighted by molar-refractivity contribution is 5.31. The van der Waals surface area contributed by atoms with Crippen LogP contribution in [0.2, 0.25) is 0 Å². The maximum absolute atomic E-state index is 13.9. The lowest BCUT2D eigenvalue weighted by molar-refractivity contribution is 0.0320. The van der Waals surface area contributed by atoms with E-state index in [1.54, 1.807) is 12.1 Å². The van der Waals surface area contributed by atoms with Crippen LogP contribution in [0.3, 0.4) is 0 Å². The van der Waals surface area contributed by atoms with Crippen molar-refractivity contribution in [3.8, 4) is 5.75 Å². The van der Waals surface area contributed by atoms with Gasteiger partial charge in [-0.1, -0.05) is 12.1 Å². The van der Waals surface area contributed by atoms with E-state index in [0.29, 0.717) is 44.8 Å². The van der Waals surface area contributed by atoms with Crippen LogP contribution in [0.4, 0.5) is 8.78 Å². The Morgan fingerprint density at radius 2 is 2.00 bits per heavy atom. The zero-order valence-corrected chi connectivity index (χ0v) is 12.1. The summed E-state index contributed by atoms with van der Waals surface area (Å²) in [5.74, 6) is -1.75. The lowest BCUT2D eigenvalue weighted by atomic mass is 10.1. The summed E-state index contributed by atoms with van der Waals surface area (Å²) in [4.78, 5) is 2.18. The molecule has 1 heterocycles. The Labute approximate surface area is 124 Å². The normalized spacial score (nSPS) is 15.9. The van der Waals surface area contributed by atoms with E-state index >= 15 is 0 Å². The molecule has 1 fully saturated rings. The van der Waals surface area contributed by atoms with E-state index in [1.807, 2.05) is 0 Å². The second kappa shape index (κ2) is 8.10. The first kappa shape index (κ1) is 15.9. The molecule has 0 atom stereocenters. The van der Waals surface area contributed by atoms with Crippen LogP contribution in [0, 0.1) is 11.6 Å². The van der Waals surface area contributed by atoms with Crippen molar-refractivity contribution in [2.75, 3.05) is 39.5 Å². The molecule has 1 aromatic rings. The van der Waals surface area contributed by atoms with Crippen LogP contribution in [0.25, 0.3) is 0 Å². The van der Waals surface area contributed by atoms with Crippen molar-refractivity contribution in [2.45, 2.75) is 12.8 Å². The van der Waals surface area contributed by atoms with Crippen LogP contribution in [0.15, 0.2) is 24.8 Å². The number of hydrogen-bond donors (Lipinski definition) is 0. The molecular formula is C16H21F2NO2. The number of allylic oxidation sites excluding steroid dienone is 1. The van der Waals surface area contributed by atoms with Crippen LogP contribution < -0.4 is 4.74 Å². The lowest BCUT2D eigenvalue weighted by Gasteiger charge is -2.26. The fourth-order valence-electron chi connectivity index (χ4n) is 2.24. The summed E-state index contributed by atoms with van der Waals surface area (Å²) >= 11 is 0. The minimum absolute atomic E-state index is 0.0249. The molecular weight excluding hydrogens is 276 g/mol. The van der Waals surface area contributed by atoms with Gasteiger partial charge in [0.1, 0.15) is 6.61 Å². The minimum atomic E-state index is -0.904. The van der Waals surface area contributed by atoms with Gasteiger partial charge in [0.2, 0.25) is 5.82 Å². The van der Waals surface area contributed by atoms with Gasteiger partial charge in [0.15, 0.2) is 11.6 Å². The Morgan fingerprint density at radius 3 is 2.71 bits per heavy atom. The van der Waals surface area contributed by atoms with E-state index in [-0.39, 0.29) is 5.75 Å².